The van der Waals surface area contributed by atoms with Gasteiger partial charge in [0.1, 0.15) is 18.8 Å². The number of aliphatic hydroxyl groups is 3. The summed E-state index contributed by atoms with van der Waals surface area (Å²) in [6.45, 7) is 0.690. The predicted molar refractivity (Wildman–Crippen MR) is 136 cm³/mol. The summed E-state index contributed by atoms with van der Waals surface area (Å²) in [6.07, 6.45) is -5.84. The van der Waals surface area contributed by atoms with Gasteiger partial charge in [0, 0.05) is 24.6 Å². The van der Waals surface area contributed by atoms with Crippen molar-refractivity contribution in [2.24, 2.45) is 0 Å². The second-order valence-corrected chi connectivity index (χ2v) is 9.75. The maximum Gasteiger partial charge on any atom is 0.406 e. The summed E-state index contributed by atoms with van der Waals surface area (Å²) in [5.41, 5.74) is 0.945. The maximum absolute atomic E-state index is 13.5. The smallest absolute Gasteiger partial charge is 0.406 e. The number of aliphatic hydroxyl groups excluding tert-OH is 3. The highest BCUT2D eigenvalue weighted by Gasteiger charge is 2.44. The Morgan fingerprint density at radius 1 is 1.27 bits per heavy atom. The number of nitrogens with one attached hydrogen (secondary N) is 1. The summed E-state index contributed by atoms with van der Waals surface area (Å²) < 4.78 is 52.2. The highest BCUT2D eigenvalue weighted by molar-refractivity contribution is 14.1. The second kappa shape index (κ2) is 13.4. The lowest BCUT2D eigenvalue weighted by Crippen LogP contribution is -2.56. The Morgan fingerprint density at radius 3 is 2.49 bits per heavy atom. The quantitative estimate of drug-likeness (QED) is 0.227. The molecule has 1 aromatic carbocycles. The Bertz CT molecular complexity index is 1040. The average molecular weight is 642 g/mol. The van der Waals surface area contributed by atoms with Crippen molar-refractivity contribution in [1.82, 2.24) is 10.2 Å². The minimum absolute atomic E-state index is 0.0214. The number of carbonyl (C=O) groups excluding carboxylic acids is 2. The molecule has 1 aliphatic carbocycles. The van der Waals surface area contributed by atoms with Crippen LogP contribution in [0.25, 0.3) is 0 Å². The van der Waals surface area contributed by atoms with Crippen LogP contribution in [0.1, 0.15) is 25.8 Å². The number of hydrogen-bond donors (Lipinski definition) is 4. The Hall–Kier alpha value is -2.36. The molecule has 37 heavy (non-hydrogen) atoms. The molecule has 3 unspecified atom stereocenters. The highest BCUT2D eigenvalue weighted by atomic mass is 127. The Labute approximate surface area is 226 Å². The van der Waals surface area contributed by atoms with E-state index in [0.29, 0.717) is 19.6 Å². The number of rotatable bonds is 10. The van der Waals surface area contributed by atoms with Gasteiger partial charge in [0.2, 0.25) is 11.8 Å². The van der Waals surface area contributed by atoms with Crippen molar-refractivity contribution in [3.63, 3.8) is 0 Å². The molecule has 206 valence electrons. The minimum atomic E-state index is -4.78. The summed E-state index contributed by atoms with van der Waals surface area (Å²) in [6, 6.07) is 1.63. The number of nitrogens with zero attached hydrogens (tertiary/aromatic N) is 1. The Morgan fingerprint density at radius 2 is 1.95 bits per heavy atom. The molecule has 2 amide bonds. The molecule has 9 nitrogen and oxygen atoms in total. The molecular weight excluding hydrogens is 612 g/mol. The van der Waals surface area contributed by atoms with Gasteiger partial charge in [0.25, 0.3) is 0 Å². The largest absolute Gasteiger partial charge is 0.493 e. The van der Waals surface area contributed by atoms with E-state index in [1.807, 2.05) is 22.6 Å². The van der Waals surface area contributed by atoms with E-state index in [9.17, 15) is 33.0 Å². The average Bonchev–Trinajstić information content (AvgIpc) is 2.82. The number of ether oxygens (including phenoxy) is 2. The first-order valence-corrected chi connectivity index (χ1v) is 12.3. The molecule has 4 N–H and O–H groups in total. The lowest BCUT2D eigenvalue weighted by atomic mass is 9.88. The number of amides is 2. The van der Waals surface area contributed by atoms with E-state index in [1.54, 1.807) is 19.9 Å². The molecule has 0 aliphatic heterocycles. The van der Waals surface area contributed by atoms with Gasteiger partial charge in [0.05, 0.1) is 29.9 Å². The van der Waals surface area contributed by atoms with Crippen LogP contribution in [0.4, 0.5) is 13.2 Å². The van der Waals surface area contributed by atoms with Crippen LogP contribution in [0.2, 0.25) is 0 Å². The van der Waals surface area contributed by atoms with Crippen LogP contribution in [0.5, 0.6) is 11.5 Å². The van der Waals surface area contributed by atoms with Gasteiger partial charge in [0.15, 0.2) is 11.5 Å². The van der Waals surface area contributed by atoms with Gasteiger partial charge in [-0.3, -0.25) is 9.59 Å². The lowest BCUT2D eigenvalue weighted by molar-refractivity contribution is -0.169. The first-order chi connectivity index (χ1) is 17.3. The van der Waals surface area contributed by atoms with Gasteiger partial charge < -0.3 is 35.0 Å². The van der Waals surface area contributed by atoms with Crippen molar-refractivity contribution < 1.29 is 47.6 Å². The van der Waals surface area contributed by atoms with E-state index >= 15 is 0 Å². The van der Waals surface area contributed by atoms with Gasteiger partial charge in [-0.15, -0.1) is 0 Å². The van der Waals surface area contributed by atoms with Crippen molar-refractivity contribution in [1.29, 1.82) is 0 Å². The molecule has 0 saturated carbocycles. The van der Waals surface area contributed by atoms with Crippen LogP contribution in [0.15, 0.2) is 35.4 Å². The number of alkyl halides is 3. The SMILES string of the molecule is COc1cc(CO)cc(I)c1OC1C=C(C(=O)NCCO)CC(N(CC(F)(F)F)C(=O)C=C(C)C)C1O. The minimum Gasteiger partial charge on any atom is -0.493 e. The van der Waals surface area contributed by atoms with Crippen LogP contribution in [0, 0.1) is 3.57 Å². The normalized spacial score (nSPS) is 19.5. The summed E-state index contributed by atoms with van der Waals surface area (Å²) >= 11 is 1.91. The third-order valence-corrected chi connectivity index (χ3v) is 6.19. The molecule has 1 aromatic rings. The van der Waals surface area contributed by atoms with Crippen LogP contribution in [0.3, 0.4) is 0 Å². The van der Waals surface area contributed by atoms with Crippen molar-refractivity contribution >= 4 is 34.4 Å². The van der Waals surface area contributed by atoms with Crippen LogP contribution >= 0.6 is 22.6 Å². The maximum atomic E-state index is 13.5. The fourth-order valence-corrected chi connectivity index (χ4v) is 4.57. The third-order valence-electron chi connectivity index (χ3n) is 5.39. The van der Waals surface area contributed by atoms with E-state index < -0.39 is 42.8 Å². The van der Waals surface area contributed by atoms with E-state index in [-0.39, 0.29) is 43.3 Å². The lowest BCUT2D eigenvalue weighted by Gasteiger charge is -2.40. The van der Waals surface area contributed by atoms with Gasteiger partial charge in [-0.1, -0.05) is 5.57 Å². The predicted octanol–water partition coefficient (Wildman–Crippen LogP) is 2.06. The first kappa shape index (κ1) is 30.9. The number of allylic oxidation sites excluding steroid dienone is 1. The molecule has 2 rings (SSSR count). The molecule has 0 bridgehead atoms. The number of hydrogen-bond acceptors (Lipinski definition) is 7. The van der Waals surface area contributed by atoms with Crippen LogP contribution in [-0.2, 0) is 16.2 Å². The zero-order valence-corrected chi connectivity index (χ0v) is 22.7. The molecule has 1 aliphatic rings. The Kier molecular flexibility index (Phi) is 11.2. The molecule has 13 heteroatoms. The second-order valence-electron chi connectivity index (χ2n) is 8.59. The number of benzene rings is 1. The van der Waals surface area contributed by atoms with Crippen molar-refractivity contribution in [2.45, 2.75) is 51.3 Å². The molecule has 0 heterocycles. The van der Waals surface area contributed by atoms with Crippen molar-refractivity contribution in [3.8, 4) is 11.5 Å². The molecule has 0 spiro atoms. The Balaban J connectivity index is 2.57. The van der Waals surface area contributed by atoms with Crippen molar-refractivity contribution in [2.75, 3.05) is 26.8 Å². The fourth-order valence-electron chi connectivity index (χ4n) is 3.78. The summed E-state index contributed by atoms with van der Waals surface area (Å²) in [4.78, 5) is 26.0. The molecule has 3 atom stereocenters. The van der Waals surface area contributed by atoms with Crippen LogP contribution < -0.4 is 14.8 Å². The van der Waals surface area contributed by atoms with E-state index in [1.165, 1.54) is 19.3 Å². The molecule has 0 fully saturated rings. The zero-order chi connectivity index (χ0) is 27.9. The van der Waals surface area contributed by atoms with E-state index in [2.05, 4.69) is 5.32 Å². The number of carbonyl (C=O) groups is 2. The summed E-state index contributed by atoms with van der Waals surface area (Å²) in [5, 5.41) is 32.1. The highest BCUT2D eigenvalue weighted by Crippen LogP contribution is 2.37. The number of halogens is 4. The summed E-state index contributed by atoms with van der Waals surface area (Å²) in [7, 11) is 1.35. The molecule has 0 saturated heterocycles. The van der Waals surface area contributed by atoms with E-state index in [0.717, 1.165) is 6.08 Å². The standard InChI is InChI=1S/C24H30F3IN2O7/c1-13(2)6-20(33)30(12-24(25,26)27)17-9-15(23(35)29-4-5-31)10-18(21(17)34)37-22-16(28)7-14(11-32)8-19(22)36-3/h6-8,10,17-18,21,31-32,34H,4-5,9,11-12H2,1-3H3,(H,29,35). The number of methoxy groups -OCH3 is 1. The van der Waals surface area contributed by atoms with Crippen molar-refractivity contribution in [3.05, 3.63) is 44.6 Å². The van der Waals surface area contributed by atoms with Gasteiger partial charge in [-0.05, 0) is 60.2 Å². The molecule has 0 aromatic heterocycles. The van der Waals surface area contributed by atoms with E-state index in [4.69, 9.17) is 14.6 Å². The monoisotopic (exact) mass is 642 g/mol. The van der Waals surface area contributed by atoms with Crippen LogP contribution in [-0.4, -0.2) is 83.3 Å². The zero-order valence-electron chi connectivity index (χ0n) is 20.5. The molecule has 0 radical (unpaired) electrons. The molecular formula is C24H30F3IN2O7. The topological polar surface area (TPSA) is 129 Å². The first-order valence-electron chi connectivity index (χ1n) is 11.2. The van der Waals surface area contributed by atoms with Gasteiger partial charge >= 0.3 is 6.18 Å². The van der Waals surface area contributed by atoms with Gasteiger partial charge in [-0.2, -0.15) is 13.2 Å². The fraction of sp³-hybridized carbons (Fsp3) is 0.500. The summed E-state index contributed by atoms with van der Waals surface area (Å²) in [5.74, 6) is -1.33. The third kappa shape index (κ3) is 8.58. The van der Waals surface area contributed by atoms with Gasteiger partial charge in [-0.25, -0.2) is 0 Å².